The average Bonchev–Trinajstić information content (AvgIpc) is 2.95. The highest BCUT2D eigenvalue weighted by Gasteiger charge is 2.57. The number of primary amides is 1. The first-order valence-electron chi connectivity index (χ1n) is 15.5. The summed E-state index contributed by atoms with van der Waals surface area (Å²) < 4.78 is 19.1. The normalized spacial score (nSPS) is 25.3. The molecule has 4 saturated carbocycles. The number of carbonyl (C=O) groups is 1. The van der Waals surface area contributed by atoms with Crippen LogP contribution in [0.15, 0.2) is 71.5 Å². The molecule has 0 radical (unpaired) electrons. The number of nitrogens with zero attached hydrogens (tertiary/aromatic N) is 1. The average molecular weight is 602 g/mol. The number of benzene rings is 2. The van der Waals surface area contributed by atoms with Crippen molar-refractivity contribution >= 4 is 24.6 Å². The van der Waals surface area contributed by atoms with E-state index < -0.39 is 26.0 Å². The van der Waals surface area contributed by atoms with Gasteiger partial charge in [0.15, 0.2) is 12.0 Å². The predicted octanol–water partition coefficient (Wildman–Crippen LogP) is 4.17. The molecule has 4 aliphatic rings. The first kappa shape index (κ1) is 29.6. The maximum Gasteiger partial charge on any atom is 0.351 e. The van der Waals surface area contributed by atoms with Crippen LogP contribution in [0.4, 0.5) is 0 Å². The topological polar surface area (TPSA) is 117 Å². The van der Waals surface area contributed by atoms with Crippen LogP contribution >= 0.6 is 0 Å². The van der Waals surface area contributed by atoms with Crippen LogP contribution in [0, 0.1) is 23.2 Å². The summed E-state index contributed by atoms with van der Waals surface area (Å²) in [6, 6.07) is 22.4. The van der Waals surface area contributed by atoms with E-state index in [0.29, 0.717) is 24.4 Å². The Morgan fingerprint density at radius 3 is 1.98 bits per heavy atom. The van der Waals surface area contributed by atoms with E-state index in [9.17, 15) is 9.59 Å². The van der Waals surface area contributed by atoms with E-state index in [2.05, 4.69) is 79.3 Å². The van der Waals surface area contributed by atoms with Gasteiger partial charge in [-0.25, -0.2) is 4.79 Å². The van der Waals surface area contributed by atoms with Crippen LogP contribution in [0.5, 0.6) is 11.8 Å². The highest BCUT2D eigenvalue weighted by Crippen LogP contribution is 2.61. The van der Waals surface area contributed by atoms with Crippen molar-refractivity contribution in [2.75, 3.05) is 13.2 Å². The zero-order chi connectivity index (χ0) is 30.2. The van der Waals surface area contributed by atoms with Gasteiger partial charge in [-0.3, -0.25) is 9.78 Å². The van der Waals surface area contributed by atoms with Crippen LogP contribution in [-0.2, 0) is 9.22 Å². The lowest BCUT2D eigenvalue weighted by Gasteiger charge is -2.58. The number of aromatic amines is 1. The molecule has 7 rings (SSSR count). The first-order valence-corrected chi connectivity index (χ1v) is 17.4. The largest absolute Gasteiger partial charge is 0.476 e. The third-order valence-electron chi connectivity index (χ3n) is 9.91. The summed E-state index contributed by atoms with van der Waals surface area (Å²) in [5.41, 5.74) is 5.05. The number of nitrogens with two attached hydrogens (primary N) is 1. The minimum Gasteiger partial charge on any atom is -0.476 e. The van der Waals surface area contributed by atoms with Gasteiger partial charge in [-0.15, -0.1) is 0 Å². The fourth-order valence-electron chi connectivity index (χ4n) is 8.76. The monoisotopic (exact) mass is 601 g/mol. The van der Waals surface area contributed by atoms with Gasteiger partial charge in [0.25, 0.3) is 14.2 Å². The Labute approximate surface area is 254 Å². The molecule has 228 valence electrons. The van der Waals surface area contributed by atoms with Crippen LogP contribution in [0.2, 0.25) is 5.04 Å². The number of H-pyrrole nitrogens is 1. The van der Waals surface area contributed by atoms with Gasteiger partial charge in [-0.1, -0.05) is 81.4 Å². The molecule has 4 aliphatic carbocycles. The number of hydrogen-bond acceptors (Lipinski definition) is 6. The second-order valence-corrected chi connectivity index (χ2v) is 18.2. The molecule has 3 aromatic rings. The first-order chi connectivity index (χ1) is 20.6. The number of amides is 1. The molecule has 1 atom stereocenters. The quantitative estimate of drug-likeness (QED) is 0.252. The summed E-state index contributed by atoms with van der Waals surface area (Å²) in [5, 5.41) is 2.20. The molecule has 8 nitrogen and oxygen atoms in total. The van der Waals surface area contributed by atoms with Gasteiger partial charge in [0.1, 0.15) is 6.61 Å². The standard InChI is InChI=1S/C34H43N3O5Si/c1-33(2,3)43(26-10-6-4-7-11-26,27-12-8-5-9-13-27)41-15-14-40-28-19-29(37-32(39)36-28)42-30(31(35)38)34-20-23-16-24(21-34)18-25(17-23)22-34/h4-13,19,23-25,30H,14-18,20-22H2,1-3H3,(H2,35,38)(H,36,37,39). The molecular weight excluding hydrogens is 558 g/mol. The minimum absolute atomic E-state index is 0.0613. The molecule has 9 heteroatoms. The summed E-state index contributed by atoms with van der Waals surface area (Å²) >= 11 is 0. The molecule has 0 saturated heterocycles. The van der Waals surface area contributed by atoms with Crippen molar-refractivity contribution in [3.8, 4) is 11.8 Å². The molecule has 1 amide bonds. The van der Waals surface area contributed by atoms with Crippen molar-refractivity contribution in [1.82, 2.24) is 9.97 Å². The maximum atomic E-state index is 12.7. The summed E-state index contributed by atoms with van der Waals surface area (Å²) in [6.45, 7) is 7.19. The van der Waals surface area contributed by atoms with Crippen molar-refractivity contribution in [2.24, 2.45) is 28.9 Å². The van der Waals surface area contributed by atoms with Crippen LogP contribution in [0.25, 0.3) is 0 Å². The van der Waals surface area contributed by atoms with E-state index in [1.165, 1.54) is 29.6 Å². The number of nitrogens with one attached hydrogen (secondary N) is 1. The molecule has 2 aromatic carbocycles. The molecule has 0 aliphatic heterocycles. The number of rotatable bonds is 11. The van der Waals surface area contributed by atoms with Crippen LogP contribution in [-0.4, -0.2) is 43.5 Å². The number of hydrogen-bond donors (Lipinski definition) is 2. The van der Waals surface area contributed by atoms with E-state index in [4.69, 9.17) is 19.6 Å². The van der Waals surface area contributed by atoms with Gasteiger partial charge < -0.3 is 19.6 Å². The van der Waals surface area contributed by atoms with Gasteiger partial charge in [-0.2, -0.15) is 4.98 Å². The van der Waals surface area contributed by atoms with E-state index in [0.717, 1.165) is 19.3 Å². The Hall–Kier alpha value is -3.43. The lowest BCUT2D eigenvalue weighted by molar-refractivity contribution is -0.148. The predicted molar refractivity (Wildman–Crippen MR) is 168 cm³/mol. The summed E-state index contributed by atoms with van der Waals surface area (Å²) in [6.07, 6.45) is 5.73. The summed E-state index contributed by atoms with van der Waals surface area (Å²) in [5.74, 6) is 1.65. The third-order valence-corrected chi connectivity index (χ3v) is 15.0. The van der Waals surface area contributed by atoms with Crippen molar-refractivity contribution < 1.29 is 18.7 Å². The molecule has 4 bridgehead atoms. The van der Waals surface area contributed by atoms with Crippen molar-refractivity contribution in [3.05, 3.63) is 77.2 Å². The molecule has 1 aromatic heterocycles. The van der Waals surface area contributed by atoms with Gasteiger partial charge in [-0.05, 0) is 71.7 Å². The van der Waals surface area contributed by atoms with Gasteiger partial charge in [0.05, 0.1) is 12.7 Å². The van der Waals surface area contributed by atoms with Crippen molar-refractivity contribution in [1.29, 1.82) is 0 Å². The van der Waals surface area contributed by atoms with Crippen LogP contribution in [0.3, 0.4) is 0 Å². The van der Waals surface area contributed by atoms with Crippen molar-refractivity contribution in [3.63, 3.8) is 0 Å². The minimum atomic E-state index is -2.72. The Bertz CT molecular complexity index is 1410. The number of aromatic nitrogens is 2. The number of carbonyl (C=O) groups excluding carboxylic acids is 1. The fraction of sp³-hybridized carbons (Fsp3) is 0.500. The Morgan fingerprint density at radius 1 is 0.953 bits per heavy atom. The highest BCUT2D eigenvalue weighted by atomic mass is 28.4. The van der Waals surface area contributed by atoms with Gasteiger partial charge in [0.2, 0.25) is 5.88 Å². The molecule has 43 heavy (non-hydrogen) atoms. The second kappa shape index (κ2) is 11.6. The lowest BCUT2D eigenvalue weighted by Crippen LogP contribution is -2.66. The van der Waals surface area contributed by atoms with E-state index in [-0.39, 0.29) is 28.8 Å². The maximum absolute atomic E-state index is 12.7. The fourth-order valence-corrected chi connectivity index (χ4v) is 13.3. The molecule has 4 fully saturated rings. The SMILES string of the molecule is CC(C)(C)[Si](OCCOc1cc(OC(C(N)=O)C23CC4CC(CC(C4)C2)C3)nc(=O)[nH]1)(c1ccccc1)c1ccccc1. The van der Waals surface area contributed by atoms with E-state index >= 15 is 0 Å². The summed E-state index contributed by atoms with van der Waals surface area (Å²) in [4.78, 5) is 32.0. The van der Waals surface area contributed by atoms with Crippen LogP contribution in [0.1, 0.15) is 59.3 Å². The molecule has 1 unspecified atom stereocenters. The second-order valence-electron chi connectivity index (χ2n) is 13.9. The molecular formula is C34H43N3O5Si. The Kier molecular flexibility index (Phi) is 7.98. The van der Waals surface area contributed by atoms with Gasteiger partial charge in [0, 0.05) is 5.41 Å². The Balaban J connectivity index is 1.18. The smallest absolute Gasteiger partial charge is 0.351 e. The Morgan fingerprint density at radius 2 is 1.49 bits per heavy atom. The number of ether oxygens (including phenoxy) is 2. The highest BCUT2D eigenvalue weighted by molar-refractivity contribution is 6.99. The lowest BCUT2D eigenvalue weighted by atomic mass is 9.48. The van der Waals surface area contributed by atoms with Gasteiger partial charge >= 0.3 is 5.69 Å². The van der Waals surface area contributed by atoms with E-state index in [1.807, 2.05) is 12.1 Å². The van der Waals surface area contributed by atoms with Crippen molar-refractivity contribution in [2.45, 2.75) is 70.4 Å². The van der Waals surface area contributed by atoms with Crippen LogP contribution < -0.4 is 31.3 Å². The molecule has 0 spiro atoms. The molecule has 3 N–H and O–H groups in total. The molecule has 1 heterocycles. The summed E-state index contributed by atoms with van der Waals surface area (Å²) in [7, 11) is -2.72. The zero-order valence-corrected chi connectivity index (χ0v) is 26.4. The van der Waals surface area contributed by atoms with E-state index in [1.54, 1.807) is 6.07 Å². The zero-order valence-electron chi connectivity index (χ0n) is 25.4. The third kappa shape index (κ3) is 5.77.